The van der Waals surface area contributed by atoms with Gasteiger partial charge in [0.15, 0.2) is 0 Å². The average Bonchev–Trinajstić information content (AvgIpc) is 3.42. The molecule has 0 N–H and O–H groups in total. The second kappa shape index (κ2) is 16.2. The van der Waals surface area contributed by atoms with Crippen LogP contribution in [-0.4, -0.2) is 25.2 Å². The minimum absolute atomic E-state index is 0.0502. The molecule has 0 amide bonds. The molecule has 0 aliphatic heterocycles. The first-order valence-electron chi connectivity index (χ1n) is 19.1. The maximum atomic E-state index is 13.3. The van der Waals surface area contributed by atoms with Gasteiger partial charge in [-0.3, -0.25) is 9.59 Å². The van der Waals surface area contributed by atoms with E-state index in [1.807, 2.05) is 24.3 Å². The van der Waals surface area contributed by atoms with Crippen molar-refractivity contribution in [3.63, 3.8) is 0 Å². The lowest BCUT2D eigenvalue weighted by Crippen LogP contribution is -2.51. The van der Waals surface area contributed by atoms with Crippen molar-refractivity contribution in [2.24, 2.45) is 40.4 Å². The van der Waals surface area contributed by atoms with Gasteiger partial charge in [-0.15, -0.1) is 0 Å². The first kappa shape index (κ1) is 35.0. The molecule has 256 valence electrons. The Bertz CT molecular complexity index is 1170. The van der Waals surface area contributed by atoms with Crippen LogP contribution in [0.4, 0.5) is 0 Å². The van der Waals surface area contributed by atoms with Crippen molar-refractivity contribution in [3.05, 3.63) is 35.9 Å². The standard InChI is InChI=1S/C41H62O5/c1-5-7-9-11-12-14-27-44-32-16-18-33(19-17-32)46-38(42)30-23-25-40(3)31(29-30)15-20-34-35-21-22-37(41(35,4)26-24-36(34)40)39(43)45-28-13-10-8-6-2/h15-19,30,34-37H,5-14,20-29H2,1-4H3. The number of ether oxygens (including phenoxy) is 3. The van der Waals surface area contributed by atoms with Crippen molar-refractivity contribution in [2.75, 3.05) is 13.2 Å². The van der Waals surface area contributed by atoms with E-state index in [2.05, 4.69) is 33.8 Å². The Hall–Kier alpha value is -2.30. The molecular formula is C41H62O5. The van der Waals surface area contributed by atoms with E-state index < -0.39 is 0 Å². The quantitative estimate of drug-likeness (QED) is 0.0783. The molecule has 0 heterocycles. The monoisotopic (exact) mass is 634 g/mol. The number of unbranched alkanes of at least 4 members (excludes halogenated alkanes) is 8. The van der Waals surface area contributed by atoms with E-state index in [-0.39, 0.29) is 34.6 Å². The molecule has 0 radical (unpaired) electrons. The third kappa shape index (κ3) is 7.87. The minimum atomic E-state index is -0.103. The summed E-state index contributed by atoms with van der Waals surface area (Å²) in [6, 6.07) is 7.56. The molecule has 7 atom stereocenters. The zero-order valence-electron chi connectivity index (χ0n) is 29.5. The van der Waals surface area contributed by atoms with Gasteiger partial charge in [0.25, 0.3) is 0 Å². The number of esters is 2. The highest BCUT2D eigenvalue weighted by Gasteiger charge is 2.60. The topological polar surface area (TPSA) is 61.8 Å². The van der Waals surface area contributed by atoms with Crippen LogP contribution in [0.1, 0.15) is 143 Å². The molecular weight excluding hydrogens is 572 g/mol. The summed E-state index contributed by atoms with van der Waals surface area (Å²) in [5.74, 6) is 3.20. The van der Waals surface area contributed by atoms with Gasteiger partial charge in [-0.1, -0.05) is 90.7 Å². The van der Waals surface area contributed by atoms with E-state index in [1.54, 1.807) is 0 Å². The summed E-state index contributed by atoms with van der Waals surface area (Å²) in [6.07, 6.45) is 22.7. The Morgan fingerprint density at radius 3 is 2.17 bits per heavy atom. The lowest BCUT2D eigenvalue weighted by molar-refractivity contribution is -0.155. The fraction of sp³-hybridized carbons (Fsp3) is 0.756. The summed E-state index contributed by atoms with van der Waals surface area (Å²) < 4.78 is 17.6. The number of hydrogen-bond donors (Lipinski definition) is 0. The molecule has 0 aromatic heterocycles. The second-order valence-electron chi connectivity index (χ2n) is 15.6. The fourth-order valence-electron chi connectivity index (χ4n) is 9.93. The molecule has 5 rings (SSSR count). The zero-order valence-corrected chi connectivity index (χ0v) is 29.5. The predicted octanol–water partition coefficient (Wildman–Crippen LogP) is 10.6. The van der Waals surface area contributed by atoms with Crippen LogP contribution in [0, 0.1) is 40.4 Å². The minimum Gasteiger partial charge on any atom is -0.494 e. The Balaban J connectivity index is 1.11. The van der Waals surface area contributed by atoms with Crippen molar-refractivity contribution in [3.8, 4) is 11.5 Å². The maximum Gasteiger partial charge on any atom is 0.314 e. The van der Waals surface area contributed by atoms with E-state index in [0.717, 1.165) is 76.6 Å². The number of carbonyl (C=O) groups excluding carboxylic acids is 2. The molecule has 5 heteroatoms. The summed E-state index contributed by atoms with van der Waals surface area (Å²) in [7, 11) is 0. The summed E-state index contributed by atoms with van der Waals surface area (Å²) in [6.45, 7) is 10.6. The first-order chi connectivity index (χ1) is 22.3. The molecule has 4 aliphatic rings. The third-order valence-electron chi connectivity index (χ3n) is 12.8. The predicted molar refractivity (Wildman–Crippen MR) is 185 cm³/mol. The highest BCUT2D eigenvalue weighted by Crippen LogP contribution is 2.66. The average molecular weight is 635 g/mol. The van der Waals surface area contributed by atoms with Crippen molar-refractivity contribution in [1.29, 1.82) is 0 Å². The maximum absolute atomic E-state index is 13.3. The van der Waals surface area contributed by atoms with Gasteiger partial charge >= 0.3 is 11.9 Å². The fourth-order valence-corrected chi connectivity index (χ4v) is 9.93. The van der Waals surface area contributed by atoms with Gasteiger partial charge in [0, 0.05) is 0 Å². The zero-order chi connectivity index (χ0) is 32.6. The van der Waals surface area contributed by atoms with Crippen LogP contribution in [-0.2, 0) is 14.3 Å². The molecule has 4 aliphatic carbocycles. The van der Waals surface area contributed by atoms with Crippen LogP contribution in [0.3, 0.4) is 0 Å². The Kier molecular flexibility index (Phi) is 12.3. The van der Waals surface area contributed by atoms with Crippen molar-refractivity contribution >= 4 is 11.9 Å². The van der Waals surface area contributed by atoms with Crippen molar-refractivity contribution in [2.45, 2.75) is 143 Å². The molecule has 1 aromatic rings. The molecule has 0 spiro atoms. The van der Waals surface area contributed by atoms with Gasteiger partial charge in [0.05, 0.1) is 25.0 Å². The van der Waals surface area contributed by atoms with Crippen LogP contribution in [0.15, 0.2) is 35.9 Å². The Morgan fingerprint density at radius 2 is 1.41 bits per heavy atom. The number of carbonyl (C=O) groups is 2. The van der Waals surface area contributed by atoms with Gasteiger partial charge in [0.2, 0.25) is 0 Å². The highest BCUT2D eigenvalue weighted by atomic mass is 16.5. The molecule has 46 heavy (non-hydrogen) atoms. The van der Waals surface area contributed by atoms with Crippen LogP contribution in [0.5, 0.6) is 11.5 Å². The van der Waals surface area contributed by atoms with E-state index in [1.165, 1.54) is 56.9 Å². The van der Waals surface area contributed by atoms with Crippen LogP contribution >= 0.6 is 0 Å². The molecule has 0 saturated heterocycles. The van der Waals surface area contributed by atoms with Gasteiger partial charge in [-0.05, 0) is 117 Å². The molecule has 0 bridgehead atoms. The van der Waals surface area contributed by atoms with Gasteiger partial charge in [-0.2, -0.15) is 0 Å². The molecule has 3 fully saturated rings. The van der Waals surface area contributed by atoms with Crippen LogP contribution in [0.2, 0.25) is 0 Å². The SMILES string of the molecule is CCCCCCCCOc1ccc(OC(=O)C2CCC3(C)C(=CCC4C3CCC3(C)C(C(=O)OCCCCCC)CCC43)C2)cc1. The first-order valence-corrected chi connectivity index (χ1v) is 19.1. The van der Waals surface area contributed by atoms with Gasteiger partial charge < -0.3 is 14.2 Å². The lowest BCUT2D eigenvalue weighted by Gasteiger charge is -2.57. The van der Waals surface area contributed by atoms with Gasteiger partial charge in [-0.25, -0.2) is 0 Å². The lowest BCUT2D eigenvalue weighted by atomic mass is 9.47. The number of hydrogen-bond acceptors (Lipinski definition) is 5. The summed E-state index contributed by atoms with van der Waals surface area (Å²) >= 11 is 0. The normalized spacial score (nSPS) is 31.7. The summed E-state index contributed by atoms with van der Waals surface area (Å²) in [5.41, 5.74) is 1.68. The third-order valence-corrected chi connectivity index (χ3v) is 12.8. The molecule has 7 unspecified atom stereocenters. The smallest absolute Gasteiger partial charge is 0.314 e. The van der Waals surface area contributed by atoms with Crippen molar-refractivity contribution in [1.82, 2.24) is 0 Å². The molecule has 1 aromatic carbocycles. The van der Waals surface area contributed by atoms with E-state index in [9.17, 15) is 9.59 Å². The van der Waals surface area contributed by atoms with Crippen LogP contribution in [0.25, 0.3) is 0 Å². The van der Waals surface area contributed by atoms with E-state index in [0.29, 0.717) is 30.1 Å². The summed E-state index contributed by atoms with van der Waals surface area (Å²) in [5, 5.41) is 0. The number of fused-ring (bicyclic) bond motifs is 5. The number of allylic oxidation sites excluding steroid dienone is 2. The number of rotatable bonds is 16. The molecule has 3 saturated carbocycles. The highest BCUT2D eigenvalue weighted by molar-refractivity contribution is 5.76. The summed E-state index contributed by atoms with van der Waals surface area (Å²) in [4.78, 5) is 26.6. The number of benzene rings is 1. The van der Waals surface area contributed by atoms with Crippen molar-refractivity contribution < 1.29 is 23.8 Å². The van der Waals surface area contributed by atoms with E-state index in [4.69, 9.17) is 14.2 Å². The Labute approximate surface area is 279 Å². The largest absolute Gasteiger partial charge is 0.494 e. The molecule has 5 nitrogen and oxygen atoms in total. The van der Waals surface area contributed by atoms with Crippen LogP contribution < -0.4 is 9.47 Å². The Morgan fingerprint density at radius 1 is 0.739 bits per heavy atom. The second-order valence-corrected chi connectivity index (χ2v) is 15.6. The van der Waals surface area contributed by atoms with Gasteiger partial charge in [0.1, 0.15) is 11.5 Å². The van der Waals surface area contributed by atoms with E-state index >= 15 is 0 Å².